The molecule has 3 aromatic rings. The fraction of sp³-hybridized carbons (Fsp3) is 0.278. The van der Waals surface area contributed by atoms with E-state index in [9.17, 15) is 10.1 Å². The first-order valence-electron chi connectivity index (χ1n) is 8.45. The fourth-order valence-corrected chi connectivity index (χ4v) is 3.44. The molecule has 1 aliphatic rings. The smallest absolute Gasteiger partial charge is 0.358 e. The number of nitro groups is 1. The first-order valence-corrected chi connectivity index (χ1v) is 8.83. The molecule has 0 N–H and O–H groups in total. The van der Waals surface area contributed by atoms with Gasteiger partial charge >= 0.3 is 5.82 Å². The van der Waals surface area contributed by atoms with Gasteiger partial charge in [0.1, 0.15) is 0 Å². The Bertz CT molecular complexity index is 932. The van der Waals surface area contributed by atoms with Gasteiger partial charge in [-0.1, -0.05) is 29.8 Å². The number of anilines is 1. The van der Waals surface area contributed by atoms with Gasteiger partial charge in [0, 0.05) is 43.8 Å². The molecule has 4 rings (SSSR count). The Kier molecular flexibility index (Phi) is 4.48. The molecule has 0 aliphatic carbocycles. The third kappa shape index (κ3) is 3.23. The van der Waals surface area contributed by atoms with Crippen LogP contribution in [-0.4, -0.2) is 45.4 Å². The Morgan fingerprint density at radius 2 is 1.81 bits per heavy atom. The quantitative estimate of drug-likeness (QED) is 0.520. The van der Waals surface area contributed by atoms with Gasteiger partial charge in [-0.3, -0.25) is 4.90 Å². The van der Waals surface area contributed by atoms with Crippen LogP contribution in [0.4, 0.5) is 11.6 Å². The van der Waals surface area contributed by atoms with Crippen molar-refractivity contribution < 1.29 is 4.92 Å². The number of aromatic nitrogens is 2. The maximum absolute atomic E-state index is 11.6. The Morgan fingerprint density at radius 3 is 2.50 bits per heavy atom. The van der Waals surface area contributed by atoms with E-state index in [1.54, 1.807) is 18.3 Å². The van der Waals surface area contributed by atoms with Crippen molar-refractivity contribution in [2.24, 2.45) is 0 Å². The van der Waals surface area contributed by atoms with E-state index in [1.165, 1.54) is 9.96 Å². The van der Waals surface area contributed by atoms with Crippen LogP contribution in [0.15, 0.2) is 48.7 Å². The summed E-state index contributed by atoms with van der Waals surface area (Å²) in [4.78, 5) is 20.0. The molecule has 26 heavy (non-hydrogen) atoms. The Morgan fingerprint density at radius 1 is 1.08 bits per heavy atom. The zero-order chi connectivity index (χ0) is 18.1. The van der Waals surface area contributed by atoms with Gasteiger partial charge in [-0.05, 0) is 28.7 Å². The molecule has 1 aromatic carbocycles. The Hall–Kier alpha value is -2.64. The van der Waals surface area contributed by atoms with Crippen molar-refractivity contribution in [1.29, 1.82) is 0 Å². The normalized spacial score (nSPS) is 15.5. The molecule has 0 spiro atoms. The first kappa shape index (κ1) is 16.8. The van der Waals surface area contributed by atoms with Crippen LogP contribution in [0.5, 0.6) is 0 Å². The summed E-state index contributed by atoms with van der Waals surface area (Å²) >= 11 is 5.93. The number of nitrogens with zero attached hydrogens (tertiary/aromatic N) is 5. The van der Waals surface area contributed by atoms with Crippen LogP contribution >= 0.6 is 11.6 Å². The number of benzene rings is 1. The maximum Gasteiger partial charge on any atom is 0.372 e. The van der Waals surface area contributed by atoms with Crippen LogP contribution in [0.1, 0.15) is 5.56 Å². The molecule has 134 valence electrons. The molecular formula is C18H18ClN5O2. The second-order valence-corrected chi connectivity index (χ2v) is 6.77. The summed E-state index contributed by atoms with van der Waals surface area (Å²) < 4.78 is 1.54. The van der Waals surface area contributed by atoms with E-state index in [0.29, 0.717) is 24.6 Å². The number of imidazole rings is 1. The van der Waals surface area contributed by atoms with Crippen LogP contribution in [0.25, 0.3) is 5.65 Å². The minimum atomic E-state index is -0.352. The number of piperazine rings is 1. The van der Waals surface area contributed by atoms with Gasteiger partial charge in [0.25, 0.3) is 0 Å². The number of hydrogen-bond acceptors (Lipinski definition) is 5. The largest absolute Gasteiger partial charge is 0.372 e. The standard InChI is InChI=1S/C18H18ClN5O2/c19-15-6-4-14(5-7-15)13-21-9-11-22(12-10-21)17-18(24(25)26)23-8-2-1-3-16(23)20-17/h1-8H,9-13H2. The van der Waals surface area contributed by atoms with Crippen molar-refractivity contribution in [1.82, 2.24) is 14.3 Å². The lowest BCUT2D eigenvalue weighted by Gasteiger charge is -2.34. The third-order valence-electron chi connectivity index (χ3n) is 4.65. The first-order chi connectivity index (χ1) is 12.6. The monoisotopic (exact) mass is 371 g/mol. The minimum absolute atomic E-state index is 0.0340. The van der Waals surface area contributed by atoms with Gasteiger partial charge in [0.05, 0.1) is 6.20 Å². The average molecular weight is 372 g/mol. The lowest BCUT2D eigenvalue weighted by atomic mass is 10.2. The molecule has 3 heterocycles. The number of pyridine rings is 1. The van der Waals surface area contributed by atoms with E-state index in [1.807, 2.05) is 35.2 Å². The molecule has 2 aromatic heterocycles. The van der Waals surface area contributed by atoms with Crippen LogP contribution < -0.4 is 4.90 Å². The summed E-state index contributed by atoms with van der Waals surface area (Å²) in [5.74, 6) is 0.485. The summed E-state index contributed by atoms with van der Waals surface area (Å²) in [6, 6.07) is 13.2. The van der Waals surface area contributed by atoms with Crippen LogP contribution in [-0.2, 0) is 6.54 Å². The third-order valence-corrected chi connectivity index (χ3v) is 4.90. The Balaban J connectivity index is 1.49. The van der Waals surface area contributed by atoms with Crippen molar-refractivity contribution in [3.63, 3.8) is 0 Å². The van der Waals surface area contributed by atoms with Crippen molar-refractivity contribution in [2.75, 3.05) is 31.1 Å². The molecule has 1 saturated heterocycles. The summed E-state index contributed by atoms with van der Waals surface area (Å²) in [6.45, 7) is 3.91. The number of fused-ring (bicyclic) bond motifs is 1. The predicted octanol–water partition coefficient (Wildman–Crippen LogP) is 3.22. The van der Waals surface area contributed by atoms with E-state index in [2.05, 4.69) is 9.88 Å². The minimum Gasteiger partial charge on any atom is -0.358 e. The highest BCUT2D eigenvalue weighted by Gasteiger charge is 2.29. The predicted molar refractivity (Wildman–Crippen MR) is 101 cm³/mol. The summed E-state index contributed by atoms with van der Waals surface area (Å²) in [7, 11) is 0. The van der Waals surface area contributed by atoms with Crippen molar-refractivity contribution >= 4 is 28.9 Å². The van der Waals surface area contributed by atoms with E-state index >= 15 is 0 Å². The summed E-state index contributed by atoms with van der Waals surface area (Å²) in [5.41, 5.74) is 1.80. The molecular weight excluding hydrogens is 354 g/mol. The molecule has 0 radical (unpaired) electrons. The average Bonchev–Trinajstić information content (AvgIpc) is 3.04. The topological polar surface area (TPSA) is 66.9 Å². The van der Waals surface area contributed by atoms with Crippen molar-refractivity contribution in [3.8, 4) is 0 Å². The number of halogens is 1. The second kappa shape index (κ2) is 6.93. The lowest BCUT2D eigenvalue weighted by Crippen LogP contribution is -2.46. The van der Waals surface area contributed by atoms with E-state index in [-0.39, 0.29) is 10.7 Å². The van der Waals surface area contributed by atoms with Gasteiger partial charge in [-0.25, -0.2) is 0 Å². The van der Waals surface area contributed by atoms with Gasteiger partial charge in [-0.2, -0.15) is 9.38 Å². The van der Waals surface area contributed by atoms with Gasteiger partial charge in [-0.15, -0.1) is 0 Å². The molecule has 0 amide bonds. The van der Waals surface area contributed by atoms with Gasteiger partial charge < -0.3 is 15.0 Å². The number of rotatable bonds is 4. The SMILES string of the molecule is O=[N+]([O-])c1c(N2CCN(Cc3ccc(Cl)cc3)CC2)nc2ccccn12. The van der Waals surface area contributed by atoms with Crippen LogP contribution in [0.2, 0.25) is 5.02 Å². The molecule has 0 saturated carbocycles. The summed E-state index contributed by atoms with van der Waals surface area (Å²) in [6.07, 6.45) is 1.68. The van der Waals surface area contributed by atoms with Gasteiger partial charge in [0.15, 0.2) is 0 Å². The highest BCUT2D eigenvalue weighted by molar-refractivity contribution is 6.30. The zero-order valence-corrected chi connectivity index (χ0v) is 14.8. The second-order valence-electron chi connectivity index (χ2n) is 6.33. The molecule has 0 unspecified atom stereocenters. The van der Waals surface area contributed by atoms with Crippen LogP contribution in [0, 0.1) is 10.1 Å². The molecule has 8 heteroatoms. The van der Waals surface area contributed by atoms with Crippen molar-refractivity contribution in [3.05, 3.63) is 69.4 Å². The molecule has 1 fully saturated rings. The molecule has 1 aliphatic heterocycles. The van der Waals surface area contributed by atoms with E-state index in [4.69, 9.17) is 11.6 Å². The van der Waals surface area contributed by atoms with Crippen molar-refractivity contribution in [2.45, 2.75) is 6.54 Å². The molecule has 7 nitrogen and oxygen atoms in total. The fourth-order valence-electron chi connectivity index (χ4n) is 3.32. The molecule has 0 bridgehead atoms. The van der Waals surface area contributed by atoms with E-state index < -0.39 is 0 Å². The van der Waals surface area contributed by atoms with Crippen LogP contribution in [0.3, 0.4) is 0 Å². The van der Waals surface area contributed by atoms with E-state index in [0.717, 1.165) is 24.7 Å². The highest BCUT2D eigenvalue weighted by Crippen LogP contribution is 2.29. The zero-order valence-electron chi connectivity index (χ0n) is 14.1. The lowest BCUT2D eigenvalue weighted by molar-refractivity contribution is -0.389. The van der Waals surface area contributed by atoms with Gasteiger partial charge in [0.2, 0.25) is 11.5 Å². The summed E-state index contributed by atoms with van der Waals surface area (Å²) in [5, 5.41) is 12.3. The molecule has 0 atom stereocenters. The Labute approximate surface area is 155 Å². The highest BCUT2D eigenvalue weighted by atomic mass is 35.5. The maximum atomic E-state index is 11.6. The number of hydrogen-bond donors (Lipinski definition) is 0.